The quantitative estimate of drug-likeness (QED) is 0.915. The van der Waals surface area contributed by atoms with Gasteiger partial charge in [0.05, 0.1) is 24.4 Å². The minimum atomic E-state index is -0.341. The number of nitrogens with one attached hydrogen (secondary N) is 1. The maximum Gasteiger partial charge on any atom is 0.409 e. The van der Waals surface area contributed by atoms with E-state index in [4.69, 9.17) is 4.74 Å². The molecule has 1 aliphatic rings. The molecule has 6 nitrogen and oxygen atoms in total. The number of likely N-dealkylation sites (tertiary alicyclic amines) is 1. The lowest BCUT2D eigenvalue weighted by atomic mass is 9.97. The predicted octanol–water partition coefficient (Wildman–Crippen LogP) is 1.89. The van der Waals surface area contributed by atoms with Gasteiger partial charge in [0.15, 0.2) is 0 Å². The number of carbonyl (C=O) groups excluding carboxylic acids is 2. The first-order valence-corrected chi connectivity index (χ1v) is 6.83. The van der Waals surface area contributed by atoms with Crippen molar-refractivity contribution in [2.45, 2.75) is 19.8 Å². The van der Waals surface area contributed by atoms with Gasteiger partial charge in [0.2, 0.25) is 5.91 Å². The summed E-state index contributed by atoms with van der Waals surface area (Å²) in [5.41, 5.74) is 0.672. The van der Waals surface area contributed by atoms with Crippen LogP contribution in [0.15, 0.2) is 24.5 Å². The van der Waals surface area contributed by atoms with Crippen molar-refractivity contribution in [3.63, 3.8) is 0 Å². The van der Waals surface area contributed by atoms with Crippen LogP contribution in [-0.4, -0.2) is 41.6 Å². The lowest BCUT2D eigenvalue weighted by Crippen LogP contribution is -2.44. The van der Waals surface area contributed by atoms with Gasteiger partial charge in [0, 0.05) is 19.3 Å². The van der Waals surface area contributed by atoms with Crippen LogP contribution in [0.3, 0.4) is 0 Å². The number of pyridine rings is 1. The molecule has 1 atom stereocenters. The molecule has 1 aliphatic heterocycles. The van der Waals surface area contributed by atoms with E-state index >= 15 is 0 Å². The highest BCUT2D eigenvalue weighted by Gasteiger charge is 2.29. The Morgan fingerprint density at radius 1 is 1.55 bits per heavy atom. The molecule has 2 rings (SSSR count). The van der Waals surface area contributed by atoms with Crippen molar-refractivity contribution in [3.05, 3.63) is 24.5 Å². The molecule has 20 heavy (non-hydrogen) atoms. The van der Waals surface area contributed by atoms with Crippen molar-refractivity contribution in [2.75, 3.05) is 25.0 Å². The highest BCUT2D eigenvalue weighted by Crippen LogP contribution is 2.19. The molecule has 0 spiro atoms. The maximum atomic E-state index is 12.2. The van der Waals surface area contributed by atoms with Crippen molar-refractivity contribution in [3.8, 4) is 0 Å². The van der Waals surface area contributed by atoms with Crippen LogP contribution in [-0.2, 0) is 9.53 Å². The van der Waals surface area contributed by atoms with Crippen molar-refractivity contribution in [1.29, 1.82) is 0 Å². The van der Waals surface area contributed by atoms with E-state index in [2.05, 4.69) is 10.3 Å². The van der Waals surface area contributed by atoms with Crippen molar-refractivity contribution < 1.29 is 14.3 Å². The molecule has 2 amide bonds. The van der Waals surface area contributed by atoms with Crippen molar-refractivity contribution in [1.82, 2.24) is 9.88 Å². The molecule has 0 aromatic carbocycles. The third-order valence-electron chi connectivity index (χ3n) is 3.25. The molecule has 0 radical (unpaired) electrons. The van der Waals surface area contributed by atoms with Gasteiger partial charge in [0.25, 0.3) is 0 Å². The van der Waals surface area contributed by atoms with Gasteiger partial charge in [-0.05, 0) is 31.9 Å². The molecular weight excluding hydrogens is 258 g/mol. The number of hydrogen-bond donors (Lipinski definition) is 1. The monoisotopic (exact) mass is 277 g/mol. The molecule has 1 fully saturated rings. The van der Waals surface area contributed by atoms with E-state index in [-0.39, 0.29) is 17.9 Å². The van der Waals surface area contributed by atoms with Gasteiger partial charge >= 0.3 is 6.09 Å². The molecule has 1 aromatic heterocycles. The van der Waals surface area contributed by atoms with E-state index in [0.29, 0.717) is 25.4 Å². The van der Waals surface area contributed by atoms with Crippen LogP contribution in [0.5, 0.6) is 0 Å². The largest absolute Gasteiger partial charge is 0.450 e. The highest BCUT2D eigenvalue weighted by atomic mass is 16.6. The third-order valence-corrected chi connectivity index (χ3v) is 3.25. The average molecular weight is 277 g/mol. The zero-order valence-corrected chi connectivity index (χ0v) is 11.5. The summed E-state index contributed by atoms with van der Waals surface area (Å²) in [4.78, 5) is 29.4. The molecule has 0 saturated carbocycles. The zero-order valence-electron chi connectivity index (χ0n) is 11.5. The summed E-state index contributed by atoms with van der Waals surface area (Å²) in [7, 11) is 0. The van der Waals surface area contributed by atoms with E-state index in [0.717, 1.165) is 12.8 Å². The summed E-state index contributed by atoms with van der Waals surface area (Å²) in [6.45, 7) is 3.18. The number of piperidine rings is 1. The lowest BCUT2D eigenvalue weighted by Gasteiger charge is -2.31. The number of anilines is 1. The van der Waals surface area contributed by atoms with Gasteiger partial charge in [-0.25, -0.2) is 4.79 Å². The van der Waals surface area contributed by atoms with Crippen molar-refractivity contribution in [2.24, 2.45) is 5.92 Å². The minimum absolute atomic E-state index is 0.0769. The van der Waals surface area contributed by atoms with E-state index < -0.39 is 0 Å². The summed E-state index contributed by atoms with van der Waals surface area (Å²) in [5.74, 6) is -0.277. The highest BCUT2D eigenvalue weighted by molar-refractivity contribution is 5.92. The number of carbonyl (C=O) groups is 2. The summed E-state index contributed by atoms with van der Waals surface area (Å²) in [5, 5.41) is 2.82. The first-order chi connectivity index (χ1) is 9.70. The Morgan fingerprint density at radius 3 is 3.10 bits per heavy atom. The normalized spacial score (nSPS) is 18.4. The molecule has 108 valence electrons. The molecule has 0 bridgehead atoms. The second-order valence-corrected chi connectivity index (χ2v) is 4.72. The number of ether oxygens (including phenoxy) is 1. The molecule has 1 N–H and O–H groups in total. The van der Waals surface area contributed by atoms with Crippen LogP contribution in [0.4, 0.5) is 10.5 Å². The number of aromatic nitrogens is 1. The van der Waals surface area contributed by atoms with Gasteiger partial charge in [-0.15, -0.1) is 0 Å². The van der Waals surface area contributed by atoms with Gasteiger partial charge in [0.1, 0.15) is 0 Å². The van der Waals surface area contributed by atoms with Crippen molar-refractivity contribution >= 4 is 17.7 Å². The number of amides is 2. The first-order valence-electron chi connectivity index (χ1n) is 6.83. The Morgan fingerprint density at radius 2 is 2.40 bits per heavy atom. The number of hydrogen-bond acceptors (Lipinski definition) is 4. The Kier molecular flexibility index (Phi) is 4.92. The molecule has 1 aromatic rings. The van der Waals surface area contributed by atoms with E-state index in [1.54, 1.807) is 36.4 Å². The second kappa shape index (κ2) is 6.88. The second-order valence-electron chi connectivity index (χ2n) is 4.72. The Hall–Kier alpha value is -2.11. The van der Waals surface area contributed by atoms with E-state index in [9.17, 15) is 9.59 Å². The van der Waals surface area contributed by atoms with Gasteiger partial charge in [-0.1, -0.05) is 0 Å². The SMILES string of the molecule is CCOC(=O)N1CCCC(C(=O)Nc2cccnc2)C1. The standard InChI is InChI=1S/C14H19N3O3/c1-2-20-14(19)17-8-4-5-11(10-17)13(18)16-12-6-3-7-15-9-12/h3,6-7,9,11H,2,4-5,8,10H2,1H3,(H,16,18). The van der Waals surface area contributed by atoms with Crippen LogP contribution in [0.25, 0.3) is 0 Å². The van der Waals surface area contributed by atoms with E-state index in [1.807, 2.05) is 0 Å². The topological polar surface area (TPSA) is 71.5 Å². The average Bonchev–Trinajstić information content (AvgIpc) is 2.48. The molecule has 1 saturated heterocycles. The fourth-order valence-corrected chi connectivity index (χ4v) is 2.25. The number of nitrogens with zero attached hydrogens (tertiary/aromatic N) is 2. The summed E-state index contributed by atoms with van der Waals surface area (Å²) >= 11 is 0. The summed E-state index contributed by atoms with van der Waals surface area (Å²) in [6, 6.07) is 3.55. The van der Waals surface area contributed by atoms with Gasteiger partial charge in [-0.3, -0.25) is 9.78 Å². The summed E-state index contributed by atoms with van der Waals surface area (Å²) in [6.07, 6.45) is 4.50. The summed E-state index contributed by atoms with van der Waals surface area (Å²) < 4.78 is 4.97. The Labute approximate surface area is 118 Å². The maximum absolute atomic E-state index is 12.2. The molecule has 6 heteroatoms. The lowest BCUT2D eigenvalue weighted by molar-refractivity contribution is -0.121. The van der Waals surface area contributed by atoms with Crippen LogP contribution >= 0.6 is 0 Å². The fraction of sp³-hybridized carbons (Fsp3) is 0.500. The molecular formula is C14H19N3O3. The Balaban J connectivity index is 1.91. The molecule has 1 unspecified atom stereocenters. The predicted molar refractivity (Wildman–Crippen MR) is 74.2 cm³/mol. The fourth-order valence-electron chi connectivity index (χ4n) is 2.25. The first kappa shape index (κ1) is 14.3. The van der Waals surface area contributed by atoms with Crippen LogP contribution in [0.2, 0.25) is 0 Å². The zero-order chi connectivity index (χ0) is 14.4. The number of rotatable bonds is 3. The van der Waals surface area contributed by atoms with Crippen LogP contribution in [0, 0.1) is 5.92 Å². The van der Waals surface area contributed by atoms with Crippen LogP contribution < -0.4 is 5.32 Å². The minimum Gasteiger partial charge on any atom is -0.450 e. The molecule has 2 heterocycles. The smallest absolute Gasteiger partial charge is 0.409 e. The Bertz CT molecular complexity index is 464. The third kappa shape index (κ3) is 3.69. The van der Waals surface area contributed by atoms with Crippen LogP contribution in [0.1, 0.15) is 19.8 Å². The van der Waals surface area contributed by atoms with E-state index in [1.165, 1.54) is 0 Å². The van der Waals surface area contributed by atoms with Gasteiger partial charge < -0.3 is 15.0 Å². The molecule has 0 aliphatic carbocycles. The van der Waals surface area contributed by atoms with Gasteiger partial charge in [-0.2, -0.15) is 0 Å².